The Morgan fingerprint density at radius 1 is 1.35 bits per heavy atom. The van der Waals surface area contributed by atoms with Crippen LogP contribution in [0.3, 0.4) is 0 Å². The molecule has 2 aliphatic carbocycles. The highest BCUT2D eigenvalue weighted by Gasteiger charge is 2.54. The average Bonchev–Trinajstić information content (AvgIpc) is 3.22. The van der Waals surface area contributed by atoms with Crippen LogP contribution in [0, 0.1) is 23.7 Å². The van der Waals surface area contributed by atoms with E-state index in [0.717, 1.165) is 19.3 Å². The van der Waals surface area contributed by atoms with Crippen molar-refractivity contribution in [1.29, 1.82) is 0 Å². The molecule has 0 aromatic carbocycles. The normalized spacial score (nSPS) is 28.6. The van der Waals surface area contributed by atoms with Crippen molar-refractivity contribution in [2.75, 3.05) is 12.4 Å². The highest BCUT2D eigenvalue weighted by molar-refractivity contribution is 7.15. The first-order valence-electron chi connectivity index (χ1n) is 7.54. The molecule has 23 heavy (non-hydrogen) atoms. The van der Waals surface area contributed by atoms with Crippen molar-refractivity contribution >= 4 is 34.3 Å². The first kappa shape index (κ1) is 15.9. The Bertz CT molecular complexity index is 644. The summed E-state index contributed by atoms with van der Waals surface area (Å²) in [5.74, 6) is -2.35. The molecule has 2 aliphatic rings. The van der Waals surface area contributed by atoms with Crippen molar-refractivity contribution in [2.24, 2.45) is 23.7 Å². The van der Waals surface area contributed by atoms with E-state index in [4.69, 9.17) is 0 Å². The number of carbonyl (C=O) groups excluding carboxylic acids is 2. The smallest absolute Gasteiger partial charge is 0.310 e. The van der Waals surface area contributed by atoms with E-state index in [0.29, 0.717) is 10.0 Å². The van der Waals surface area contributed by atoms with Gasteiger partial charge in [-0.15, -0.1) is 11.3 Å². The monoisotopic (exact) mass is 338 g/mol. The van der Waals surface area contributed by atoms with Crippen molar-refractivity contribution in [3.05, 3.63) is 11.1 Å². The van der Waals surface area contributed by atoms with E-state index in [-0.39, 0.29) is 30.1 Å². The summed E-state index contributed by atoms with van der Waals surface area (Å²) in [4.78, 5) is 40.0. The SMILES string of the molecule is COC(=O)Cc1cnc(NC(=O)[C@H]2[C@H]3CC[C@@H](C3)[C@@H]2C(=O)O)s1. The Kier molecular flexibility index (Phi) is 4.34. The number of thiazole rings is 1. The fraction of sp³-hybridized carbons (Fsp3) is 0.600. The van der Waals surface area contributed by atoms with Gasteiger partial charge in [-0.25, -0.2) is 4.98 Å². The molecule has 0 saturated heterocycles. The van der Waals surface area contributed by atoms with Crippen LogP contribution in [0.25, 0.3) is 0 Å². The van der Waals surface area contributed by atoms with E-state index in [1.165, 1.54) is 24.6 Å². The molecular weight excluding hydrogens is 320 g/mol. The van der Waals surface area contributed by atoms with Crippen molar-refractivity contribution in [1.82, 2.24) is 4.98 Å². The predicted molar refractivity (Wildman–Crippen MR) is 81.9 cm³/mol. The molecule has 7 nitrogen and oxygen atoms in total. The molecule has 1 aromatic heterocycles. The zero-order chi connectivity index (χ0) is 16.6. The van der Waals surface area contributed by atoms with Crippen LogP contribution in [0.1, 0.15) is 24.1 Å². The Balaban J connectivity index is 1.67. The topological polar surface area (TPSA) is 106 Å². The summed E-state index contributed by atoms with van der Waals surface area (Å²) in [5, 5.41) is 12.5. The summed E-state index contributed by atoms with van der Waals surface area (Å²) in [6.45, 7) is 0. The third-order valence-corrected chi connectivity index (χ3v) is 5.75. The number of amides is 1. The van der Waals surface area contributed by atoms with Gasteiger partial charge in [-0.2, -0.15) is 0 Å². The van der Waals surface area contributed by atoms with Gasteiger partial charge in [0, 0.05) is 11.1 Å². The third kappa shape index (κ3) is 3.08. The number of carboxylic acids is 1. The summed E-state index contributed by atoms with van der Waals surface area (Å²) >= 11 is 1.20. The van der Waals surface area contributed by atoms with Gasteiger partial charge in [0.05, 0.1) is 25.4 Å². The molecule has 2 saturated carbocycles. The van der Waals surface area contributed by atoms with E-state index < -0.39 is 17.8 Å². The molecule has 0 radical (unpaired) electrons. The summed E-state index contributed by atoms with van der Waals surface area (Å²) in [6.07, 6.45) is 4.26. The number of ether oxygens (including phenoxy) is 1. The summed E-state index contributed by atoms with van der Waals surface area (Å²) in [7, 11) is 1.31. The lowest BCUT2D eigenvalue weighted by atomic mass is 9.79. The lowest BCUT2D eigenvalue weighted by molar-refractivity contribution is -0.148. The Labute approximate surface area is 137 Å². The molecule has 1 amide bonds. The maximum absolute atomic E-state index is 12.5. The Morgan fingerprint density at radius 2 is 2.04 bits per heavy atom. The minimum atomic E-state index is -0.886. The van der Waals surface area contributed by atoms with Crippen LogP contribution in [0.4, 0.5) is 5.13 Å². The number of aromatic nitrogens is 1. The van der Waals surface area contributed by atoms with Gasteiger partial charge in [-0.05, 0) is 31.1 Å². The number of methoxy groups -OCH3 is 1. The number of rotatable bonds is 5. The number of fused-ring (bicyclic) bond motifs is 2. The van der Waals surface area contributed by atoms with E-state index in [2.05, 4.69) is 15.0 Å². The summed E-state index contributed by atoms with van der Waals surface area (Å²) in [5.41, 5.74) is 0. The van der Waals surface area contributed by atoms with Gasteiger partial charge in [-0.3, -0.25) is 14.4 Å². The number of esters is 1. The van der Waals surface area contributed by atoms with Crippen LogP contribution in [-0.4, -0.2) is 35.0 Å². The molecular formula is C15H18N2O5S. The quantitative estimate of drug-likeness (QED) is 0.789. The van der Waals surface area contributed by atoms with Gasteiger partial charge < -0.3 is 15.2 Å². The largest absolute Gasteiger partial charge is 0.481 e. The molecule has 0 spiro atoms. The minimum absolute atomic E-state index is 0.107. The number of carbonyl (C=O) groups is 3. The second-order valence-corrected chi connectivity index (χ2v) is 7.21. The number of anilines is 1. The number of aliphatic carboxylic acids is 1. The number of nitrogens with zero attached hydrogens (tertiary/aromatic N) is 1. The molecule has 2 N–H and O–H groups in total. The van der Waals surface area contributed by atoms with Crippen LogP contribution < -0.4 is 5.32 Å². The van der Waals surface area contributed by atoms with Gasteiger partial charge in [0.25, 0.3) is 0 Å². The lowest BCUT2D eigenvalue weighted by Gasteiger charge is -2.26. The van der Waals surface area contributed by atoms with Crippen molar-refractivity contribution in [3.8, 4) is 0 Å². The van der Waals surface area contributed by atoms with Crippen LogP contribution in [0.15, 0.2) is 6.20 Å². The van der Waals surface area contributed by atoms with E-state index in [1.807, 2.05) is 0 Å². The second-order valence-electron chi connectivity index (χ2n) is 6.10. The van der Waals surface area contributed by atoms with Crippen LogP contribution in [-0.2, 0) is 25.5 Å². The molecule has 4 atom stereocenters. The Morgan fingerprint density at radius 3 is 2.70 bits per heavy atom. The molecule has 1 heterocycles. The van der Waals surface area contributed by atoms with Crippen LogP contribution in [0.2, 0.25) is 0 Å². The molecule has 2 fully saturated rings. The summed E-state index contributed by atoms with van der Waals surface area (Å²) in [6, 6.07) is 0. The van der Waals surface area contributed by atoms with E-state index in [9.17, 15) is 19.5 Å². The number of carboxylic acid groups (broad SMARTS) is 1. The van der Waals surface area contributed by atoms with Crippen molar-refractivity contribution in [2.45, 2.75) is 25.7 Å². The summed E-state index contributed by atoms with van der Waals surface area (Å²) < 4.78 is 4.59. The highest BCUT2D eigenvalue weighted by Crippen LogP contribution is 2.52. The van der Waals surface area contributed by atoms with Gasteiger partial charge in [-0.1, -0.05) is 0 Å². The lowest BCUT2D eigenvalue weighted by Crippen LogP contribution is -2.37. The molecule has 0 unspecified atom stereocenters. The number of nitrogens with one attached hydrogen (secondary N) is 1. The Hall–Kier alpha value is -1.96. The molecule has 8 heteroatoms. The van der Waals surface area contributed by atoms with Gasteiger partial charge in [0.2, 0.25) is 5.91 Å². The first-order valence-corrected chi connectivity index (χ1v) is 8.36. The zero-order valence-corrected chi connectivity index (χ0v) is 13.5. The minimum Gasteiger partial charge on any atom is -0.481 e. The third-order valence-electron chi connectivity index (χ3n) is 4.83. The second kappa shape index (κ2) is 6.27. The van der Waals surface area contributed by atoms with Crippen LogP contribution >= 0.6 is 11.3 Å². The zero-order valence-electron chi connectivity index (χ0n) is 12.7. The van der Waals surface area contributed by atoms with Gasteiger partial charge >= 0.3 is 11.9 Å². The highest BCUT2D eigenvalue weighted by atomic mass is 32.1. The first-order chi connectivity index (χ1) is 11.0. The van der Waals surface area contributed by atoms with Crippen molar-refractivity contribution in [3.63, 3.8) is 0 Å². The fourth-order valence-electron chi connectivity index (χ4n) is 3.87. The number of hydrogen-bond acceptors (Lipinski definition) is 6. The fourth-order valence-corrected chi connectivity index (χ4v) is 4.67. The molecule has 3 rings (SSSR count). The standard InChI is InChI=1S/C15H18N2O5S/c1-22-10(18)5-9-6-16-15(23-9)17-13(19)11-7-2-3-8(4-7)12(11)14(20)21/h6-8,11-12H,2-5H2,1H3,(H,20,21)(H,16,17,19)/t7-,8-,11-,12-/m0/s1. The van der Waals surface area contributed by atoms with Crippen LogP contribution in [0.5, 0.6) is 0 Å². The van der Waals surface area contributed by atoms with E-state index in [1.54, 1.807) is 0 Å². The van der Waals surface area contributed by atoms with Crippen molar-refractivity contribution < 1.29 is 24.2 Å². The van der Waals surface area contributed by atoms with E-state index >= 15 is 0 Å². The van der Waals surface area contributed by atoms with Gasteiger partial charge in [0.1, 0.15) is 0 Å². The van der Waals surface area contributed by atoms with Gasteiger partial charge in [0.15, 0.2) is 5.13 Å². The molecule has 0 aliphatic heterocycles. The molecule has 2 bridgehead atoms. The molecule has 124 valence electrons. The predicted octanol–water partition coefficient (Wildman–Crippen LogP) is 1.54. The average molecular weight is 338 g/mol. The maximum Gasteiger partial charge on any atom is 0.310 e. The molecule has 1 aromatic rings. The maximum atomic E-state index is 12.5. The number of hydrogen-bond donors (Lipinski definition) is 2.